The number of hydrogen-bond acceptors (Lipinski definition) is 3. The minimum Gasteiger partial charge on any atom is -0.506 e. The van der Waals surface area contributed by atoms with E-state index in [1.807, 2.05) is 6.92 Å². The van der Waals surface area contributed by atoms with Crippen molar-refractivity contribution in [2.45, 2.75) is 13.3 Å². The molecule has 0 unspecified atom stereocenters. The zero-order chi connectivity index (χ0) is 12.2. The van der Waals surface area contributed by atoms with Crippen LogP contribution in [0.5, 0.6) is 5.75 Å². The molecule has 0 bridgehead atoms. The van der Waals surface area contributed by atoms with Gasteiger partial charge >= 0.3 is 0 Å². The van der Waals surface area contributed by atoms with Gasteiger partial charge in [-0.2, -0.15) is 13.1 Å². The fourth-order valence-corrected chi connectivity index (χ4v) is 2.18. The number of phenols is 1. The first-order chi connectivity index (χ1) is 7.44. The average Bonchev–Trinajstić information content (AvgIpc) is 2.20. The summed E-state index contributed by atoms with van der Waals surface area (Å²) >= 11 is 5.68. The Morgan fingerprint density at radius 3 is 2.75 bits per heavy atom. The maximum Gasteiger partial charge on any atom is 0.299 e. The summed E-state index contributed by atoms with van der Waals surface area (Å²) < 4.78 is 27.4. The van der Waals surface area contributed by atoms with Gasteiger partial charge in [-0.3, -0.25) is 4.72 Å². The standard InChI is InChI=1S/C9H13ClN2O3S/c1-2-5-11-16(14,15)12-8-6-7(10)3-4-9(8)13/h3-4,6,11-13H,2,5H2,1H3. The Kier molecular flexibility index (Phi) is 4.40. The molecule has 0 radical (unpaired) electrons. The highest BCUT2D eigenvalue weighted by molar-refractivity contribution is 7.90. The van der Waals surface area contributed by atoms with Crippen molar-refractivity contribution >= 4 is 27.5 Å². The van der Waals surface area contributed by atoms with E-state index in [0.717, 1.165) is 0 Å². The van der Waals surface area contributed by atoms with E-state index in [1.54, 1.807) is 0 Å². The van der Waals surface area contributed by atoms with E-state index in [2.05, 4.69) is 9.44 Å². The molecule has 16 heavy (non-hydrogen) atoms. The molecule has 1 aromatic carbocycles. The van der Waals surface area contributed by atoms with Crippen LogP contribution in [0.1, 0.15) is 13.3 Å². The highest BCUT2D eigenvalue weighted by Gasteiger charge is 2.11. The SMILES string of the molecule is CCCNS(=O)(=O)Nc1cc(Cl)ccc1O. The van der Waals surface area contributed by atoms with Crippen LogP contribution in [0.4, 0.5) is 5.69 Å². The topological polar surface area (TPSA) is 78.4 Å². The molecule has 0 amide bonds. The monoisotopic (exact) mass is 264 g/mol. The molecule has 1 rings (SSSR count). The van der Waals surface area contributed by atoms with Gasteiger partial charge in [-0.25, -0.2) is 0 Å². The minimum atomic E-state index is -3.65. The Bertz CT molecular complexity index is 462. The molecular formula is C9H13ClN2O3S. The smallest absolute Gasteiger partial charge is 0.299 e. The van der Waals surface area contributed by atoms with Gasteiger partial charge in [0.25, 0.3) is 10.2 Å². The van der Waals surface area contributed by atoms with Gasteiger partial charge in [0.05, 0.1) is 5.69 Å². The van der Waals surface area contributed by atoms with Crippen molar-refractivity contribution in [3.05, 3.63) is 23.2 Å². The van der Waals surface area contributed by atoms with E-state index >= 15 is 0 Å². The number of benzene rings is 1. The third-order valence-electron chi connectivity index (χ3n) is 1.75. The second kappa shape index (κ2) is 5.38. The van der Waals surface area contributed by atoms with Crippen LogP contribution in [0.15, 0.2) is 18.2 Å². The number of aromatic hydroxyl groups is 1. The zero-order valence-corrected chi connectivity index (χ0v) is 10.3. The fourth-order valence-electron chi connectivity index (χ4n) is 1.01. The van der Waals surface area contributed by atoms with E-state index in [9.17, 15) is 13.5 Å². The Morgan fingerprint density at radius 1 is 1.44 bits per heavy atom. The summed E-state index contributed by atoms with van der Waals surface area (Å²) in [6.45, 7) is 2.18. The lowest BCUT2D eigenvalue weighted by atomic mass is 10.3. The predicted molar refractivity (Wildman–Crippen MR) is 64.0 cm³/mol. The lowest BCUT2D eigenvalue weighted by Crippen LogP contribution is -2.30. The van der Waals surface area contributed by atoms with Gasteiger partial charge in [0.15, 0.2) is 0 Å². The Morgan fingerprint density at radius 2 is 2.12 bits per heavy atom. The van der Waals surface area contributed by atoms with Crippen LogP contribution in [0.25, 0.3) is 0 Å². The number of halogens is 1. The maximum absolute atomic E-state index is 11.4. The molecule has 0 spiro atoms. The Hall–Kier alpha value is -0.980. The summed E-state index contributed by atoms with van der Waals surface area (Å²) in [5.74, 6) is -0.175. The van der Waals surface area contributed by atoms with Crippen molar-refractivity contribution in [3.8, 4) is 5.75 Å². The fraction of sp³-hybridized carbons (Fsp3) is 0.333. The Balaban J connectivity index is 2.83. The van der Waals surface area contributed by atoms with E-state index in [0.29, 0.717) is 18.0 Å². The number of rotatable bonds is 5. The van der Waals surface area contributed by atoms with Gasteiger partial charge in [0.2, 0.25) is 0 Å². The number of nitrogens with one attached hydrogen (secondary N) is 2. The van der Waals surface area contributed by atoms with Gasteiger partial charge in [-0.1, -0.05) is 18.5 Å². The summed E-state index contributed by atoms with van der Waals surface area (Å²) in [6, 6.07) is 4.12. The van der Waals surface area contributed by atoms with Gasteiger partial charge in [-0.05, 0) is 24.6 Å². The van der Waals surface area contributed by atoms with Gasteiger partial charge in [-0.15, -0.1) is 0 Å². The van der Waals surface area contributed by atoms with Crippen LogP contribution in [0.3, 0.4) is 0 Å². The summed E-state index contributed by atoms with van der Waals surface area (Å²) in [7, 11) is -3.65. The predicted octanol–water partition coefficient (Wildman–Crippen LogP) is 1.70. The van der Waals surface area contributed by atoms with Crippen molar-refractivity contribution < 1.29 is 13.5 Å². The first-order valence-electron chi connectivity index (χ1n) is 4.70. The van der Waals surface area contributed by atoms with E-state index in [-0.39, 0.29) is 11.4 Å². The van der Waals surface area contributed by atoms with Crippen molar-refractivity contribution in [2.75, 3.05) is 11.3 Å². The number of phenolic OH excluding ortho intramolecular Hbond substituents is 1. The van der Waals surface area contributed by atoms with Gasteiger partial charge in [0, 0.05) is 11.6 Å². The number of hydrogen-bond donors (Lipinski definition) is 3. The molecule has 0 aliphatic carbocycles. The molecule has 5 nitrogen and oxygen atoms in total. The van der Waals surface area contributed by atoms with E-state index in [1.165, 1.54) is 18.2 Å². The van der Waals surface area contributed by atoms with Crippen LogP contribution in [0.2, 0.25) is 5.02 Å². The summed E-state index contributed by atoms with van der Waals surface area (Å²) in [4.78, 5) is 0. The lowest BCUT2D eigenvalue weighted by molar-refractivity contribution is 0.477. The van der Waals surface area contributed by atoms with Crippen molar-refractivity contribution in [2.24, 2.45) is 0 Å². The minimum absolute atomic E-state index is 0.0519. The highest BCUT2D eigenvalue weighted by Crippen LogP contribution is 2.26. The molecule has 0 saturated heterocycles. The third kappa shape index (κ3) is 3.88. The van der Waals surface area contributed by atoms with Gasteiger partial charge in [0.1, 0.15) is 5.75 Å². The first kappa shape index (κ1) is 13.1. The van der Waals surface area contributed by atoms with Crippen LogP contribution in [0, 0.1) is 0 Å². The van der Waals surface area contributed by atoms with E-state index < -0.39 is 10.2 Å². The normalized spacial score (nSPS) is 11.4. The lowest BCUT2D eigenvalue weighted by Gasteiger charge is -2.10. The summed E-state index contributed by atoms with van der Waals surface area (Å²) in [5, 5.41) is 9.75. The van der Waals surface area contributed by atoms with Crippen LogP contribution in [-0.2, 0) is 10.2 Å². The van der Waals surface area contributed by atoms with Gasteiger partial charge < -0.3 is 5.11 Å². The molecule has 1 aromatic rings. The Labute approximate surface area is 99.6 Å². The summed E-state index contributed by atoms with van der Waals surface area (Å²) in [5.41, 5.74) is 0.0519. The third-order valence-corrected chi connectivity index (χ3v) is 3.05. The molecule has 0 aromatic heterocycles. The van der Waals surface area contributed by atoms with E-state index in [4.69, 9.17) is 11.6 Å². The maximum atomic E-state index is 11.4. The number of anilines is 1. The molecule has 0 aliphatic rings. The highest BCUT2D eigenvalue weighted by atomic mass is 35.5. The second-order valence-corrected chi connectivity index (χ2v) is 5.10. The van der Waals surface area contributed by atoms with Crippen LogP contribution >= 0.6 is 11.6 Å². The second-order valence-electron chi connectivity index (χ2n) is 3.16. The molecule has 0 atom stereocenters. The van der Waals surface area contributed by atoms with Crippen molar-refractivity contribution in [1.29, 1.82) is 0 Å². The largest absolute Gasteiger partial charge is 0.506 e. The van der Waals surface area contributed by atoms with Crippen LogP contribution in [-0.4, -0.2) is 20.1 Å². The molecule has 0 aliphatic heterocycles. The molecule has 7 heteroatoms. The van der Waals surface area contributed by atoms with Crippen LogP contribution < -0.4 is 9.44 Å². The molecule has 0 heterocycles. The molecule has 0 saturated carbocycles. The molecule has 90 valence electrons. The first-order valence-corrected chi connectivity index (χ1v) is 6.56. The summed E-state index contributed by atoms with van der Waals surface area (Å²) in [6.07, 6.45) is 0.683. The molecule has 3 N–H and O–H groups in total. The average molecular weight is 265 g/mol. The quantitative estimate of drug-likeness (QED) is 0.709. The zero-order valence-electron chi connectivity index (χ0n) is 8.70. The molecular weight excluding hydrogens is 252 g/mol. The molecule has 0 fully saturated rings. The van der Waals surface area contributed by atoms with Crippen molar-refractivity contribution in [1.82, 2.24) is 4.72 Å². The van der Waals surface area contributed by atoms with Crippen molar-refractivity contribution in [3.63, 3.8) is 0 Å².